The number of nitrogens with one attached hydrogen (secondary N) is 2. The summed E-state index contributed by atoms with van der Waals surface area (Å²) in [5.74, 6) is 1.55. The topological polar surface area (TPSA) is 80.5 Å². The number of nitrogens with zero attached hydrogens (tertiary/aromatic N) is 5. The summed E-state index contributed by atoms with van der Waals surface area (Å²) >= 11 is 0. The smallest absolute Gasteiger partial charge is 0.241 e. The number of hydrogen-bond donors (Lipinski definition) is 2. The zero-order chi connectivity index (χ0) is 10.7. The van der Waals surface area contributed by atoms with Gasteiger partial charge in [0.2, 0.25) is 17.8 Å². The Hall–Kier alpha value is -2.18. The Morgan fingerprint density at radius 3 is 2.20 bits per heavy atom. The summed E-state index contributed by atoms with van der Waals surface area (Å²) in [6.45, 7) is 0. The van der Waals surface area contributed by atoms with E-state index in [1.165, 1.54) is 0 Å². The van der Waals surface area contributed by atoms with Gasteiger partial charge in [-0.2, -0.15) is 15.0 Å². The fraction of sp³-hybridized carbons (Fsp3) is 0.250. The number of anilines is 2. The molecule has 2 N–H and O–H groups in total. The third kappa shape index (κ3) is 1.85. The quantitative estimate of drug-likeness (QED) is 0.742. The van der Waals surface area contributed by atoms with Crippen LogP contribution in [0.15, 0.2) is 18.7 Å². The first kappa shape index (κ1) is 9.38. The third-order valence-electron chi connectivity index (χ3n) is 1.81. The Labute approximate surface area is 86.6 Å². The van der Waals surface area contributed by atoms with Crippen molar-refractivity contribution in [3.63, 3.8) is 0 Å². The van der Waals surface area contributed by atoms with E-state index in [0.29, 0.717) is 17.8 Å². The molecule has 2 rings (SSSR count). The van der Waals surface area contributed by atoms with Crippen molar-refractivity contribution in [1.29, 1.82) is 0 Å². The van der Waals surface area contributed by atoms with Crippen molar-refractivity contribution >= 4 is 11.9 Å². The maximum absolute atomic E-state index is 4.19. The molecule has 0 bridgehead atoms. The van der Waals surface area contributed by atoms with E-state index in [4.69, 9.17) is 0 Å². The summed E-state index contributed by atoms with van der Waals surface area (Å²) in [7, 11) is 3.51. The molecule has 2 aromatic rings. The average molecular weight is 205 g/mol. The molecule has 0 saturated carbocycles. The molecular formula is C8H11N7. The predicted molar refractivity (Wildman–Crippen MR) is 56.0 cm³/mol. The van der Waals surface area contributed by atoms with Crippen LogP contribution in [0.25, 0.3) is 5.95 Å². The summed E-state index contributed by atoms with van der Waals surface area (Å²) in [6.07, 6.45) is 5.07. The van der Waals surface area contributed by atoms with Crippen LogP contribution in [0, 0.1) is 0 Å². The first-order chi connectivity index (χ1) is 7.33. The standard InChI is InChI=1S/C8H11N7/c1-9-6-12-7(10-2)14-8(13-6)15-4-3-11-5-15/h3-5H,1-2H3,(H2,9,10,12,13,14). The molecule has 0 fully saturated rings. The van der Waals surface area contributed by atoms with Crippen LogP contribution in [-0.2, 0) is 0 Å². The molecule has 0 radical (unpaired) electrons. The lowest BCUT2D eigenvalue weighted by atomic mass is 10.7. The molecule has 0 spiro atoms. The third-order valence-corrected chi connectivity index (χ3v) is 1.81. The maximum atomic E-state index is 4.19. The first-order valence-corrected chi connectivity index (χ1v) is 4.43. The molecule has 0 aliphatic carbocycles. The molecule has 0 aromatic carbocycles. The highest BCUT2D eigenvalue weighted by Gasteiger charge is 2.05. The van der Waals surface area contributed by atoms with Crippen LogP contribution < -0.4 is 10.6 Å². The van der Waals surface area contributed by atoms with E-state index in [9.17, 15) is 0 Å². The Morgan fingerprint density at radius 1 is 1.07 bits per heavy atom. The van der Waals surface area contributed by atoms with E-state index in [0.717, 1.165) is 0 Å². The van der Waals surface area contributed by atoms with Crippen molar-refractivity contribution in [2.24, 2.45) is 0 Å². The SMILES string of the molecule is CNc1nc(NC)nc(-n2ccnc2)n1. The molecule has 15 heavy (non-hydrogen) atoms. The first-order valence-electron chi connectivity index (χ1n) is 4.43. The van der Waals surface area contributed by atoms with Crippen LogP contribution in [0.3, 0.4) is 0 Å². The summed E-state index contributed by atoms with van der Waals surface area (Å²) in [5, 5.41) is 5.74. The minimum absolute atomic E-state index is 0.512. The van der Waals surface area contributed by atoms with Crippen LogP contribution in [0.4, 0.5) is 11.9 Å². The molecule has 0 aliphatic heterocycles. The van der Waals surface area contributed by atoms with E-state index in [2.05, 4.69) is 30.6 Å². The summed E-state index contributed by atoms with van der Waals surface area (Å²) in [6, 6.07) is 0. The summed E-state index contributed by atoms with van der Waals surface area (Å²) in [5.41, 5.74) is 0. The van der Waals surface area contributed by atoms with Gasteiger partial charge in [-0.3, -0.25) is 4.57 Å². The van der Waals surface area contributed by atoms with Gasteiger partial charge in [0, 0.05) is 26.5 Å². The fourth-order valence-corrected chi connectivity index (χ4v) is 1.08. The lowest BCUT2D eigenvalue weighted by Crippen LogP contribution is -2.08. The van der Waals surface area contributed by atoms with Gasteiger partial charge in [-0.15, -0.1) is 0 Å². The highest BCUT2D eigenvalue weighted by molar-refractivity contribution is 5.36. The number of imidazole rings is 1. The maximum Gasteiger partial charge on any atom is 0.241 e. The van der Waals surface area contributed by atoms with Crippen molar-refractivity contribution in [3.8, 4) is 5.95 Å². The zero-order valence-electron chi connectivity index (χ0n) is 8.47. The Bertz CT molecular complexity index is 414. The number of aromatic nitrogens is 5. The van der Waals surface area contributed by atoms with Gasteiger partial charge in [-0.25, -0.2) is 4.98 Å². The molecule has 0 unspecified atom stereocenters. The molecule has 0 amide bonds. The van der Waals surface area contributed by atoms with Crippen LogP contribution in [-0.4, -0.2) is 38.6 Å². The summed E-state index contributed by atoms with van der Waals surface area (Å²) in [4.78, 5) is 16.4. The highest BCUT2D eigenvalue weighted by atomic mass is 15.3. The van der Waals surface area contributed by atoms with Gasteiger partial charge < -0.3 is 10.6 Å². The Morgan fingerprint density at radius 2 is 1.73 bits per heavy atom. The lowest BCUT2D eigenvalue weighted by molar-refractivity contribution is 0.900. The van der Waals surface area contributed by atoms with Gasteiger partial charge in [-0.1, -0.05) is 0 Å². The van der Waals surface area contributed by atoms with Crippen molar-refractivity contribution in [3.05, 3.63) is 18.7 Å². The number of hydrogen-bond acceptors (Lipinski definition) is 6. The van der Waals surface area contributed by atoms with E-state index in [1.807, 2.05) is 0 Å². The number of rotatable bonds is 3. The second kappa shape index (κ2) is 3.91. The zero-order valence-corrected chi connectivity index (χ0v) is 8.47. The van der Waals surface area contributed by atoms with Gasteiger partial charge in [0.05, 0.1) is 0 Å². The fourth-order valence-electron chi connectivity index (χ4n) is 1.08. The van der Waals surface area contributed by atoms with Gasteiger partial charge in [0.25, 0.3) is 0 Å². The van der Waals surface area contributed by atoms with Crippen LogP contribution in [0.5, 0.6) is 0 Å². The van der Waals surface area contributed by atoms with E-state index in [1.54, 1.807) is 37.4 Å². The molecule has 0 atom stereocenters. The molecule has 2 heterocycles. The lowest BCUT2D eigenvalue weighted by Gasteiger charge is -2.05. The van der Waals surface area contributed by atoms with Gasteiger partial charge in [-0.05, 0) is 0 Å². The molecule has 0 saturated heterocycles. The van der Waals surface area contributed by atoms with E-state index < -0.39 is 0 Å². The second-order valence-electron chi connectivity index (χ2n) is 2.75. The highest BCUT2D eigenvalue weighted by Crippen LogP contribution is 2.07. The van der Waals surface area contributed by atoms with E-state index in [-0.39, 0.29) is 0 Å². The monoisotopic (exact) mass is 205 g/mol. The van der Waals surface area contributed by atoms with Gasteiger partial charge in [0.15, 0.2) is 0 Å². The minimum atomic E-state index is 0.512. The van der Waals surface area contributed by atoms with E-state index >= 15 is 0 Å². The van der Waals surface area contributed by atoms with Crippen molar-refractivity contribution in [2.45, 2.75) is 0 Å². The van der Waals surface area contributed by atoms with Gasteiger partial charge >= 0.3 is 0 Å². The molecule has 7 heteroatoms. The molecule has 78 valence electrons. The van der Waals surface area contributed by atoms with Crippen LogP contribution in [0.1, 0.15) is 0 Å². The van der Waals surface area contributed by atoms with Crippen LogP contribution in [0.2, 0.25) is 0 Å². The minimum Gasteiger partial charge on any atom is -0.357 e. The second-order valence-corrected chi connectivity index (χ2v) is 2.75. The Balaban J connectivity index is 2.47. The van der Waals surface area contributed by atoms with Crippen molar-refractivity contribution < 1.29 is 0 Å². The molecule has 7 nitrogen and oxygen atoms in total. The van der Waals surface area contributed by atoms with Crippen molar-refractivity contribution in [1.82, 2.24) is 24.5 Å². The van der Waals surface area contributed by atoms with Crippen LogP contribution >= 0.6 is 0 Å². The predicted octanol–water partition coefficient (Wildman–Crippen LogP) is 0.141. The largest absolute Gasteiger partial charge is 0.357 e. The Kier molecular flexibility index (Phi) is 2.44. The normalized spacial score (nSPS) is 10.0. The van der Waals surface area contributed by atoms with Crippen molar-refractivity contribution in [2.75, 3.05) is 24.7 Å². The molecule has 2 aromatic heterocycles. The average Bonchev–Trinajstić information content (AvgIpc) is 2.81. The molecule has 0 aliphatic rings. The van der Waals surface area contributed by atoms with Gasteiger partial charge in [0.1, 0.15) is 6.33 Å². The summed E-state index contributed by atoms with van der Waals surface area (Å²) < 4.78 is 1.71. The molecular weight excluding hydrogens is 194 g/mol.